The zero-order chi connectivity index (χ0) is 14.7. The minimum absolute atomic E-state index is 0.0740. The fourth-order valence-corrected chi connectivity index (χ4v) is 2.50. The summed E-state index contributed by atoms with van der Waals surface area (Å²) >= 11 is 0. The maximum Gasteiger partial charge on any atom is 0.326 e. The number of aromatic hydroxyl groups is 1. The minimum atomic E-state index is -0.970. The van der Waals surface area contributed by atoms with Crippen LogP contribution >= 0.6 is 0 Å². The summed E-state index contributed by atoms with van der Waals surface area (Å²) in [6.07, 6.45) is 1.18. The number of carbonyl (C=O) groups is 2. The van der Waals surface area contributed by atoms with Gasteiger partial charge in [-0.1, -0.05) is 6.07 Å². The van der Waals surface area contributed by atoms with E-state index in [0.29, 0.717) is 31.6 Å². The molecule has 0 saturated carbocycles. The van der Waals surface area contributed by atoms with Crippen LogP contribution < -0.4 is 4.90 Å². The van der Waals surface area contributed by atoms with Crippen molar-refractivity contribution in [2.24, 2.45) is 0 Å². The topological polar surface area (TPSA) is 81.1 Å². The van der Waals surface area contributed by atoms with Gasteiger partial charge < -0.3 is 15.1 Å². The predicted molar refractivity (Wildman–Crippen MR) is 73.9 cm³/mol. The highest BCUT2D eigenvalue weighted by atomic mass is 16.4. The van der Waals surface area contributed by atoms with Gasteiger partial charge in [-0.25, -0.2) is 9.59 Å². The molecule has 1 unspecified atom stereocenters. The van der Waals surface area contributed by atoms with Gasteiger partial charge in [0.15, 0.2) is 0 Å². The van der Waals surface area contributed by atoms with E-state index >= 15 is 0 Å². The molecule has 20 heavy (non-hydrogen) atoms. The van der Waals surface area contributed by atoms with Crippen LogP contribution in [0.25, 0.3) is 0 Å². The second kappa shape index (κ2) is 5.81. The zero-order valence-corrected chi connectivity index (χ0v) is 11.3. The number of carboxylic acid groups (broad SMARTS) is 1. The van der Waals surface area contributed by atoms with Gasteiger partial charge in [-0.05, 0) is 31.9 Å². The lowest BCUT2D eigenvalue weighted by molar-refractivity contribution is -0.141. The number of rotatable bonds is 3. The average molecular weight is 278 g/mol. The lowest BCUT2D eigenvalue weighted by Crippen LogP contribution is -2.48. The van der Waals surface area contributed by atoms with Gasteiger partial charge in [0.2, 0.25) is 0 Å². The zero-order valence-electron chi connectivity index (χ0n) is 11.3. The van der Waals surface area contributed by atoms with Crippen molar-refractivity contribution in [3.05, 3.63) is 24.3 Å². The van der Waals surface area contributed by atoms with Crippen molar-refractivity contribution in [1.29, 1.82) is 0 Å². The molecule has 1 aromatic rings. The van der Waals surface area contributed by atoms with Crippen LogP contribution in [-0.4, -0.2) is 46.2 Å². The molecule has 1 fully saturated rings. The summed E-state index contributed by atoms with van der Waals surface area (Å²) in [6.45, 7) is 2.67. The summed E-state index contributed by atoms with van der Waals surface area (Å²) in [4.78, 5) is 26.5. The molecule has 2 amide bonds. The Balaban J connectivity index is 2.23. The Hall–Kier alpha value is -2.24. The molecule has 1 aliphatic rings. The SMILES string of the molecule is CCN(C(=O)N1CCCC1C(=O)O)c1cccc(O)c1. The van der Waals surface area contributed by atoms with E-state index in [2.05, 4.69) is 0 Å². The molecular weight excluding hydrogens is 260 g/mol. The maximum atomic E-state index is 12.5. The van der Waals surface area contributed by atoms with Crippen molar-refractivity contribution in [3.8, 4) is 5.75 Å². The van der Waals surface area contributed by atoms with Gasteiger partial charge in [-0.3, -0.25) is 4.90 Å². The molecule has 1 aromatic carbocycles. The molecule has 0 aromatic heterocycles. The van der Waals surface area contributed by atoms with E-state index in [4.69, 9.17) is 5.11 Å². The average Bonchev–Trinajstić information content (AvgIpc) is 2.89. The molecule has 0 aliphatic carbocycles. The van der Waals surface area contributed by atoms with E-state index in [-0.39, 0.29) is 11.8 Å². The minimum Gasteiger partial charge on any atom is -0.508 e. The second-order valence-corrected chi connectivity index (χ2v) is 4.74. The molecule has 108 valence electrons. The number of phenolic OH excluding ortho intramolecular Hbond substituents is 1. The fourth-order valence-electron chi connectivity index (χ4n) is 2.50. The number of hydrogen-bond donors (Lipinski definition) is 2. The van der Waals surface area contributed by atoms with Crippen molar-refractivity contribution >= 4 is 17.7 Å². The first-order chi connectivity index (χ1) is 9.54. The second-order valence-electron chi connectivity index (χ2n) is 4.74. The number of amides is 2. The molecule has 1 saturated heterocycles. The molecule has 0 radical (unpaired) electrons. The van der Waals surface area contributed by atoms with Crippen molar-refractivity contribution in [2.75, 3.05) is 18.0 Å². The Morgan fingerprint density at radius 2 is 2.20 bits per heavy atom. The number of aliphatic carboxylic acids is 1. The van der Waals surface area contributed by atoms with E-state index in [9.17, 15) is 14.7 Å². The van der Waals surface area contributed by atoms with Crippen LogP contribution in [0.1, 0.15) is 19.8 Å². The Kier molecular flexibility index (Phi) is 4.12. The molecule has 1 heterocycles. The molecule has 0 bridgehead atoms. The van der Waals surface area contributed by atoms with E-state index in [1.165, 1.54) is 21.9 Å². The lowest BCUT2D eigenvalue weighted by Gasteiger charge is -2.29. The van der Waals surface area contributed by atoms with Crippen LogP contribution in [0, 0.1) is 0 Å². The van der Waals surface area contributed by atoms with Gasteiger partial charge in [0.05, 0.1) is 0 Å². The molecule has 2 rings (SSSR count). The summed E-state index contributed by atoms with van der Waals surface area (Å²) < 4.78 is 0. The molecule has 6 heteroatoms. The molecule has 1 atom stereocenters. The summed E-state index contributed by atoms with van der Waals surface area (Å²) in [5, 5.41) is 18.6. The first-order valence-corrected chi connectivity index (χ1v) is 6.64. The van der Waals surface area contributed by atoms with Gasteiger partial charge in [0.1, 0.15) is 11.8 Å². The molecular formula is C14H18N2O4. The highest BCUT2D eigenvalue weighted by Gasteiger charge is 2.36. The van der Waals surface area contributed by atoms with Crippen molar-refractivity contribution in [2.45, 2.75) is 25.8 Å². The van der Waals surface area contributed by atoms with Crippen LogP contribution in [-0.2, 0) is 4.79 Å². The van der Waals surface area contributed by atoms with Crippen LogP contribution in [0.15, 0.2) is 24.3 Å². The highest BCUT2D eigenvalue weighted by Crippen LogP contribution is 2.24. The number of nitrogens with zero attached hydrogens (tertiary/aromatic N) is 2. The Labute approximate surface area is 117 Å². The number of carbonyl (C=O) groups excluding carboxylic acids is 1. The number of benzene rings is 1. The van der Waals surface area contributed by atoms with Crippen LogP contribution in [0.5, 0.6) is 5.75 Å². The van der Waals surface area contributed by atoms with Crippen LogP contribution in [0.3, 0.4) is 0 Å². The number of carboxylic acids is 1. The smallest absolute Gasteiger partial charge is 0.326 e. The first-order valence-electron chi connectivity index (χ1n) is 6.64. The monoisotopic (exact) mass is 278 g/mol. The third-order valence-corrected chi connectivity index (χ3v) is 3.47. The normalized spacial score (nSPS) is 18.1. The standard InChI is InChI=1S/C14H18N2O4/c1-2-15(10-5-3-6-11(17)9-10)14(20)16-8-4-7-12(16)13(18)19/h3,5-6,9,12,17H,2,4,7-8H2,1H3,(H,18,19). The molecule has 1 aliphatic heterocycles. The van der Waals surface area contributed by atoms with Gasteiger partial charge in [0.25, 0.3) is 0 Å². The summed E-state index contributed by atoms with van der Waals surface area (Å²) in [5.41, 5.74) is 0.563. The summed E-state index contributed by atoms with van der Waals surface area (Å²) in [6, 6.07) is 5.30. The van der Waals surface area contributed by atoms with Gasteiger partial charge in [-0.2, -0.15) is 0 Å². The quantitative estimate of drug-likeness (QED) is 0.884. The molecule has 0 spiro atoms. The lowest BCUT2D eigenvalue weighted by atomic mass is 10.2. The Bertz CT molecular complexity index is 518. The van der Waals surface area contributed by atoms with E-state index < -0.39 is 12.0 Å². The number of hydrogen-bond acceptors (Lipinski definition) is 3. The highest BCUT2D eigenvalue weighted by molar-refractivity contribution is 5.95. The molecule has 2 N–H and O–H groups in total. The van der Waals surface area contributed by atoms with Crippen LogP contribution in [0.4, 0.5) is 10.5 Å². The van der Waals surface area contributed by atoms with Crippen molar-refractivity contribution < 1.29 is 19.8 Å². The van der Waals surface area contributed by atoms with Crippen molar-refractivity contribution in [1.82, 2.24) is 4.90 Å². The van der Waals surface area contributed by atoms with Gasteiger partial charge in [0, 0.05) is 24.8 Å². The Morgan fingerprint density at radius 1 is 1.45 bits per heavy atom. The molecule has 6 nitrogen and oxygen atoms in total. The van der Waals surface area contributed by atoms with E-state index in [1.807, 2.05) is 6.92 Å². The first kappa shape index (κ1) is 14.2. The summed E-state index contributed by atoms with van der Waals surface area (Å²) in [7, 11) is 0. The van der Waals surface area contributed by atoms with E-state index in [1.54, 1.807) is 12.1 Å². The fraction of sp³-hybridized carbons (Fsp3) is 0.429. The summed E-state index contributed by atoms with van der Waals surface area (Å²) in [5.74, 6) is -0.896. The van der Waals surface area contributed by atoms with Gasteiger partial charge in [-0.15, -0.1) is 0 Å². The van der Waals surface area contributed by atoms with Crippen molar-refractivity contribution in [3.63, 3.8) is 0 Å². The maximum absolute atomic E-state index is 12.5. The number of phenols is 1. The number of anilines is 1. The number of likely N-dealkylation sites (tertiary alicyclic amines) is 1. The third kappa shape index (κ3) is 2.68. The Morgan fingerprint density at radius 3 is 2.80 bits per heavy atom. The van der Waals surface area contributed by atoms with Gasteiger partial charge >= 0.3 is 12.0 Å². The third-order valence-electron chi connectivity index (χ3n) is 3.47. The predicted octanol–water partition coefficient (Wildman–Crippen LogP) is 1.89. The van der Waals surface area contributed by atoms with E-state index in [0.717, 1.165) is 0 Å². The number of urea groups is 1. The largest absolute Gasteiger partial charge is 0.508 e. The van der Waals surface area contributed by atoms with Crippen LogP contribution in [0.2, 0.25) is 0 Å².